The van der Waals surface area contributed by atoms with Gasteiger partial charge in [0, 0.05) is 11.4 Å². The fourth-order valence-electron chi connectivity index (χ4n) is 3.04. The molecule has 1 heterocycles. The van der Waals surface area contributed by atoms with Crippen molar-refractivity contribution < 1.29 is 0 Å². The fourth-order valence-corrected chi connectivity index (χ4v) is 4.11. The predicted molar refractivity (Wildman–Crippen MR) is 92.3 cm³/mol. The third kappa shape index (κ3) is 2.36. The molecule has 21 heavy (non-hydrogen) atoms. The maximum absolute atomic E-state index is 4.70. The van der Waals surface area contributed by atoms with Gasteiger partial charge in [0.25, 0.3) is 0 Å². The van der Waals surface area contributed by atoms with Gasteiger partial charge in [-0.25, -0.2) is 0 Å². The van der Waals surface area contributed by atoms with E-state index in [9.17, 15) is 0 Å². The van der Waals surface area contributed by atoms with Crippen molar-refractivity contribution in [2.24, 2.45) is 4.99 Å². The molecule has 0 radical (unpaired) electrons. The van der Waals surface area contributed by atoms with Gasteiger partial charge in [-0.15, -0.1) is 0 Å². The summed E-state index contributed by atoms with van der Waals surface area (Å²) in [4.78, 5) is 4.70. The molecule has 0 spiro atoms. The third-order valence-electron chi connectivity index (χ3n) is 4.23. The summed E-state index contributed by atoms with van der Waals surface area (Å²) in [5, 5.41) is 4.54. The maximum atomic E-state index is 4.70. The molecule has 1 N–H and O–H groups in total. The molecule has 0 fully saturated rings. The number of rotatable bonds is 2. The van der Waals surface area contributed by atoms with Gasteiger partial charge in [0.05, 0.1) is 6.04 Å². The van der Waals surface area contributed by atoms with Crippen LogP contribution in [0, 0.1) is 0 Å². The van der Waals surface area contributed by atoms with Gasteiger partial charge in [-0.05, 0) is 47.2 Å². The number of aliphatic imine (C=N–C) groups is 1. The second-order valence-electron chi connectivity index (χ2n) is 5.64. The number of nitrogens with one attached hydrogen (secondary N) is 1. The quantitative estimate of drug-likeness (QED) is 0.749. The first-order chi connectivity index (χ1) is 10.3. The molecule has 2 nitrogen and oxygen atoms in total. The van der Waals surface area contributed by atoms with E-state index >= 15 is 0 Å². The average Bonchev–Trinajstić information content (AvgIpc) is 3.10. The van der Waals surface area contributed by atoms with Crippen molar-refractivity contribution in [3.63, 3.8) is 0 Å². The van der Waals surface area contributed by atoms with Crippen molar-refractivity contribution >= 4 is 22.6 Å². The van der Waals surface area contributed by atoms with E-state index < -0.39 is 0 Å². The first-order valence-corrected chi connectivity index (χ1v) is 8.51. The lowest BCUT2D eigenvalue weighted by molar-refractivity contribution is 0.738. The van der Waals surface area contributed by atoms with Gasteiger partial charge in [-0.2, -0.15) is 0 Å². The molecule has 0 saturated heterocycles. The molecule has 2 aromatic rings. The Morgan fingerprint density at radius 1 is 1.14 bits per heavy atom. The minimum atomic E-state index is 0.483. The Morgan fingerprint density at radius 2 is 2.00 bits per heavy atom. The molecule has 0 saturated carbocycles. The molecule has 2 aromatic carbocycles. The highest BCUT2D eigenvalue weighted by atomic mass is 32.2. The summed E-state index contributed by atoms with van der Waals surface area (Å²) in [5.74, 6) is 1.11. The third-order valence-corrected chi connectivity index (χ3v) is 5.26. The molecule has 106 valence electrons. The molecule has 2 aliphatic rings. The summed E-state index contributed by atoms with van der Waals surface area (Å²) in [7, 11) is 0. The van der Waals surface area contributed by atoms with Crippen LogP contribution < -0.4 is 5.32 Å². The molecule has 1 aliphatic carbocycles. The number of amidine groups is 1. The van der Waals surface area contributed by atoms with Crippen LogP contribution in [0.2, 0.25) is 0 Å². The van der Waals surface area contributed by atoms with Crippen LogP contribution in [0.5, 0.6) is 0 Å². The van der Waals surface area contributed by atoms with Crippen molar-refractivity contribution in [3.8, 4) is 11.1 Å². The van der Waals surface area contributed by atoms with Crippen LogP contribution in [0.1, 0.15) is 24.5 Å². The van der Waals surface area contributed by atoms with Crippen LogP contribution in [0.4, 0.5) is 5.69 Å². The summed E-state index contributed by atoms with van der Waals surface area (Å²) in [6.07, 6.45) is 2.16. The fraction of sp³-hybridized carbons (Fsp3) is 0.278. The van der Waals surface area contributed by atoms with Gasteiger partial charge in [0.2, 0.25) is 0 Å². The summed E-state index contributed by atoms with van der Waals surface area (Å²) in [5.41, 5.74) is 6.77. The van der Waals surface area contributed by atoms with Crippen molar-refractivity contribution in [2.75, 3.05) is 11.1 Å². The Balaban J connectivity index is 1.59. The van der Waals surface area contributed by atoms with Crippen molar-refractivity contribution in [1.82, 2.24) is 0 Å². The highest BCUT2D eigenvalue weighted by Crippen LogP contribution is 2.37. The first-order valence-electron chi connectivity index (χ1n) is 7.52. The number of hydrogen-bond donors (Lipinski definition) is 1. The zero-order chi connectivity index (χ0) is 14.2. The standard InChI is InChI=1S/C18H18N2S/c1-2-14-11-21-18(19-14)20-15-7-8-17-13(10-15)9-12-5-3-4-6-16(12)17/h3-8,10,14H,2,9,11H2,1H3,(H,19,20). The van der Waals surface area contributed by atoms with Crippen LogP contribution in [-0.4, -0.2) is 17.0 Å². The lowest BCUT2D eigenvalue weighted by atomic mass is 10.1. The SMILES string of the molecule is CCC1CSC(Nc2ccc3c(c2)Cc2ccccc2-3)=N1. The van der Waals surface area contributed by atoms with Crippen LogP contribution in [0.3, 0.4) is 0 Å². The smallest absolute Gasteiger partial charge is 0.161 e. The van der Waals surface area contributed by atoms with Crippen molar-refractivity contribution in [2.45, 2.75) is 25.8 Å². The van der Waals surface area contributed by atoms with Crippen molar-refractivity contribution in [1.29, 1.82) is 0 Å². The lowest BCUT2D eigenvalue weighted by Gasteiger charge is -2.07. The second-order valence-corrected chi connectivity index (χ2v) is 6.65. The number of anilines is 1. The van der Waals surface area contributed by atoms with Gasteiger partial charge in [-0.3, -0.25) is 4.99 Å². The largest absolute Gasteiger partial charge is 0.335 e. The Labute approximate surface area is 129 Å². The van der Waals surface area contributed by atoms with Gasteiger partial charge in [0.1, 0.15) is 0 Å². The minimum Gasteiger partial charge on any atom is -0.335 e. The summed E-state index contributed by atoms with van der Waals surface area (Å²) in [6, 6.07) is 15.9. The monoisotopic (exact) mass is 294 g/mol. The van der Waals surface area contributed by atoms with Crippen LogP contribution >= 0.6 is 11.8 Å². The van der Waals surface area contributed by atoms with Crippen molar-refractivity contribution in [3.05, 3.63) is 53.6 Å². The Kier molecular flexibility index (Phi) is 3.23. The average molecular weight is 294 g/mol. The molecule has 4 rings (SSSR count). The molecule has 1 aliphatic heterocycles. The Bertz CT molecular complexity index is 721. The van der Waals surface area contributed by atoms with E-state index in [0.29, 0.717) is 6.04 Å². The summed E-state index contributed by atoms with van der Waals surface area (Å²) < 4.78 is 0. The molecule has 0 aromatic heterocycles. The molecule has 0 bridgehead atoms. The Morgan fingerprint density at radius 3 is 2.86 bits per heavy atom. The van der Waals surface area contributed by atoms with E-state index in [4.69, 9.17) is 4.99 Å². The van der Waals surface area contributed by atoms with Gasteiger partial charge in [0.15, 0.2) is 5.17 Å². The topological polar surface area (TPSA) is 24.4 Å². The van der Waals surface area contributed by atoms with Crippen LogP contribution in [0.25, 0.3) is 11.1 Å². The maximum Gasteiger partial charge on any atom is 0.161 e. The number of thioether (sulfide) groups is 1. The summed E-state index contributed by atoms with van der Waals surface area (Å²) >= 11 is 1.83. The molecule has 0 amide bonds. The molecular weight excluding hydrogens is 276 g/mol. The van der Waals surface area contributed by atoms with Crippen LogP contribution in [-0.2, 0) is 6.42 Å². The zero-order valence-electron chi connectivity index (χ0n) is 12.1. The van der Waals surface area contributed by atoms with Gasteiger partial charge >= 0.3 is 0 Å². The van der Waals surface area contributed by atoms with E-state index in [-0.39, 0.29) is 0 Å². The van der Waals surface area contributed by atoms with E-state index in [1.54, 1.807) is 0 Å². The highest BCUT2D eigenvalue weighted by molar-refractivity contribution is 8.14. The highest BCUT2D eigenvalue weighted by Gasteiger charge is 2.19. The normalized spacial score (nSPS) is 19.1. The number of fused-ring (bicyclic) bond motifs is 3. The lowest BCUT2D eigenvalue weighted by Crippen LogP contribution is -2.05. The van der Waals surface area contributed by atoms with E-state index in [0.717, 1.165) is 29.4 Å². The Hall–Kier alpha value is -1.74. The number of benzene rings is 2. The molecular formula is C18H18N2S. The number of nitrogens with zero attached hydrogens (tertiary/aromatic N) is 1. The minimum absolute atomic E-state index is 0.483. The first kappa shape index (κ1) is 13.0. The summed E-state index contributed by atoms with van der Waals surface area (Å²) in [6.45, 7) is 2.20. The number of hydrogen-bond acceptors (Lipinski definition) is 3. The van der Waals surface area contributed by atoms with Crippen LogP contribution in [0.15, 0.2) is 47.5 Å². The van der Waals surface area contributed by atoms with E-state index in [2.05, 4.69) is 54.7 Å². The van der Waals surface area contributed by atoms with Gasteiger partial charge in [-0.1, -0.05) is 49.0 Å². The van der Waals surface area contributed by atoms with E-state index in [1.807, 2.05) is 11.8 Å². The van der Waals surface area contributed by atoms with E-state index in [1.165, 1.54) is 22.3 Å². The predicted octanol–water partition coefficient (Wildman–Crippen LogP) is 4.55. The van der Waals surface area contributed by atoms with Gasteiger partial charge < -0.3 is 5.32 Å². The zero-order valence-corrected chi connectivity index (χ0v) is 12.9. The molecule has 1 unspecified atom stereocenters. The molecule has 1 atom stereocenters. The second kappa shape index (κ2) is 5.23. The molecule has 3 heteroatoms.